The van der Waals surface area contributed by atoms with E-state index in [1.165, 1.54) is 5.56 Å². The Morgan fingerprint density at radius 1 is 1.57 bits per heavy atom. The number of rotatable bonds is 0. The maximum absolute atomic E-state index is 2.12. The molecule has 0 aliphatic rings. The molecule has 0 aromatic carbocycles. The van der Waals surface area contributed by atoms with Crippen molar-refractivity contribution in [2.45, 2.75) is 6.92 Å². The second-order valence-corrected chi connectivity index (χ2v) is 2.08. The number of hydrogen-bond acceptors (Lipinski definition) is 1. The molecule has 0 unspecified atom stereocenters. The molecular weight excluding hydrogens is 172 g/mol. The predicted molar refractivity (Wildman–Crippen MR) is 39.4 cm³/mol. The number of hydrogen-bond donors (Lipinski definition) is 0. The molecule has 1 rings (SSSR count). The average Bonchev–Trinajstić information content (AvgIpc) is 1.86. The molecule has 0 aliphatic heterocycles. The van der Waals surface area contributed by atoms with E-state index in [1.54, 1.807) is 11.3 Å². The Morgan fingerprint density at radius 3 is 2.43 bits per heavy atom. The molecule has 0 N–H and O–H groups in total. The summed E-state index contributed by atoms with van der Waals surface area (Å²) in [4.78, 5) is 0. The van der Waals surface area contributed by atoms with E-state index in [9.17, 15) is 0 Å². The third-order valence-corrected chi connectivity index (χ3v) is 1.46. The van der Waals surface area contributed by atoms with Gasteiger partial charge in [-0.3, -0.25) is 0 Å². The zero-order valence-electron chi connectivity index (χ0n) is 4.05. The molecule has 0 spiro atoms. The van der Waals surface area contributed by atoms with Crippen molar-refractivity contribution in [1.29, 1.82) is 0 Å². The van der Waals surface area contributed by atoms with Gasteiger partial charge in [-0.15, -0.1) is 17.0 Å². The highest BCUT2D eigenvalue weighted by molar-refractivity contribution is 8.93. The smallest absolute Gasteiger partial charge is 0.00641 e. The van der Waals surface area contributed by atoms with E-state index in [2.05, 4.69) is 23.8 Å². The fourth-order valence-electron chi connectivity index (χ4n) is 0.333. The molecule has 0 radical (unpaired) electrons. The van der Waals surface area contributed by atoms with Gasteiger partial charge in [0.15, 0.2) is 0 Å². The van der Waals surface area contributed by atoms with Gasteiger partial charge in [-0.2, -0.15) is 11.3 Å². The van der Waals surface area contributed by atoms with E-state index in [4.69, 9.17) is 0 Å². The Bertz CT molecular complexity index is 112. The van der Waals surface area contributed by atoms with Crippen LogP contribution in [-0.2, 0) is 0 Å². The third-order valence-electron chi connectivity index (χ3n) is 0.663. The summed E-state index contributed by atoms with van der Waals surface area (Å²) in [5, 5.41) is 4.20. The Labute approximate surface area is 57.9 Å². The van der Waals surface area contributed by atoms with Gasteiger partial charge in [0, 0.05) is 0 Å². The van der Waals surface area contributed by atoms with Crippen LogP contribution in [0.5, 0.6) is 0 Å². The van der Waals surface area contributed by atoms with E-state index in [0.717, 1.165) is 0 Å². The number of thiophene rings is 1. The topological polar surface area (TPSA) is 0 Å². The maximum Gasteiger partial charge on any atom is -0.00641 e. The molecule has 0 bridgehead atoms. The first-order valence-electron chi connectivity index (χ1n) is 1.88. The summed E-state index contributed by atoms with van der Waals surface area (Å²) >= 11 is 1.74. The summed E-state index contributed by atoms with van der Waals surface area (Å²) in [7, 11) is 0. The lowest BCUT2D eigenvalue weighted by molar-refractivity contribution is 1.56. The van der Waals surface area contributed by atoms with E-state index in [1.807, 2.05) is 0 Å². The molecule has 7 heavy (non-hydrogen) atoms. The molecule has 0 saturated heterocycles. The highest BCUT2D eigenvalue weighted by Gasteiger charge is 1.74. The van der Waals surface area contributed by atoms with E-state index >= 15 is 0 Å². The highest BCUT2D eigenvalue weighted by Crippen LogP contribution is 2.01. The summed E-state index contributed by atoms with van der Waals surface area (Å²) < 4.78 is 0. The van der Waals surface area contributed by atoms with E-state index < -0.39 is 0 Å². The second-order valence-electron chi connectivity index (χ2n) is 1.30. The summed E-state index contributed by atoms with van der Waals surface area (Å²) in [5.74, 6) is 0. The van der Waals surface area contributed by atoms with Crippen molar-refractivity contribution in [2.24, 2.45) is 0 Å². The van der Waals surface area contributed by atoms with Gasteiger partial charge in [0.05, 0.1) is 0 Å². The first-order chi connectivity index (χ1) is 2.89. The van der Waals surface area contributed by atoms with Crippen LogP contribution in [0.1, 0.15) is 5.56 Å². The monoisotopic (exact) mass is 178 g/mol. The molecule has 0 nitrogen and oxygen atoms in total. The van der Waals surface area contributed by atoms with Crippen molar-refractivity contribution in [1.82, 2.24) is 0 Å². The van der Waals surface area contributed by atoms with Crippen LogP contribution >= 0.6 is 28.3 Å². The van der Waals surface area contributed by atoms with Gasteiger partial charge < -0.3 is 0 Å². The van der Waals surface area contributed by atoms with Crippen molar-refractivity contribution in [3.05, 3.63) is 22.4 Å². The van der Waals surface area contributed by atoms with Gasteiger partial charge >= 0.3 is 0 Å². The fourth-order valence-corrected chi connectivity index (χ4v) is 0.998. The summed E-state index contributed by atoms with van der Waals surface area (Å²) in [6, 6.07) is 2.10. The largest absolute Gasteiger partial charge is 0.152 e. The average molecular weight is 179 g/mol. The van der Waals surface area contributed by atoms with Crippen LogP contribution in [0.15, 0.2) is 16.8 Å². The van der Waals surface area contributed by atoms with E-state index in [-0.39, 0.29) is 17.0 Å². The standard InChI is InChI=1S/C5H6S.BrH/c1-5-2-3-6-4-5;/h2-4H,1H3;1H. The fraction of sp³-hybridized carbons (Fsp3) is 0.200. The molecule has 0 saturated carbocycles. The molecule has 40 valence electrons. The van der Waals surface area contributed by atoms with Gasteiger partial charge in [0.1, 0.15) is 0 Å². The van der Waals surface area contributed by atoms with Crippen molar-refractivity contribution in [3.63, 3.8) is 0 Å². The Kier molecular flexibility index (Phi) is 3.30. The minimum Gasteiger partial charge on any atom is -0.152 e. The summed E-state index contributed by atoms with van der Waals surface area (Å²) in [6.07, 6.45) is 0. The molecule has 0 atom stereocenters. The zero-order valence-corrected chi connectivity index (χ0v) is 6.58. The van der Waals surface area contributed by atoms with Gasteiger partial charge in [0.2, 0.25) is 0 Å². The van der Waals surface area contributed by atoms with Crippen LogP contribution in [0, 0.1) is 6.92 Å². The first-order valence-corrected chi connectivity index (χ1v) is 2.82. The molecule has 1 aromatic heterocycles. The van der Waals surface area contributed by atoms with Crippen molar-refractivity contribution < 1.29 is 0 Å². The second kappa shape index (κ2) is 3.22. The third kappa shape index (κ3) is 2.09. The minimum absolute atomic E-state index is 0. The van der Waals surface area contributed by atoms with Crippen LogP contribution in [-0.4, -0.2) is 0 Å². The number of halogens is 1. The van der Waals surface area contributed by atoms with Crippen molar-refractivity contribution in [3.8, 4) is 0 Å². The van der Waals surface area contributed by atoms with E-state index in [0.29, 0.717) is 0 Å². The molecule has 0 aliphatic carbocycles. The first kappa shape index (κ1) is 7.18. The van der Waals surface area contributed by atoms with Gasteiger partial charge in [-0.25, -0.2) is 0 Å². The molecule has 1 aromatic rings. The van der Waals surface area contributed by atoms with Gasteiger partial charge in [0.25, 0.3) is 0 Å². The Hall–Kier alpha value is 0.180. The summed E-state index contributed by atoms with van der Waals surface area (Å²) in [6.45, 7) is 2.09. The van der Waals surface area contributed by atoms with Gasteiger partial charge in [-0.05, 0) is 29.3 Å². The lowest BCUT2D eigenvalue weighted by Gasteiger charge is -1.65. The van der Waals surface area contributed by atoms with Crippen LogP contribution in [0.4, 0.5) is 0 Å². The molecule has 0 fully saturated rings. The van der Waals surface area contributed by atoms with Crippen LogP contribution in [0.25, 0.3) is 0 Å². The van der Waals surface area contributed by atoms with Crippen LogP contribution < -0.4 is 0 Å². The van der Waals surface area contributed by atoms with Crippen molar-refractivity contribution in [2.75, 3.05) is 0 Å². The zero-order chi connectivity index (χ0) is 4.41. The molecule has 1 heterocycles. The molecule has 2 heteroatoms. The predicted octanol–water partition coefficient (Wildman–Crippen LogP) is 2.63. The lowest BCUT2D eigenvalue weighted by atomic mass is 10.4. The van der Waals surface area contributed by atoms with Gasteiger partial charge in [-0.1, -0.05) is 0 Å². The normalized spacial score (nSPS) is 7.57. The number of aryl methyl sites for hydroxylation is 1. The lowest BCUT2D eigenvalue weighted by Crippen LogP contribution is -1.47. The Balaban J connectivity index is 0.000000360. The summed E-state index contributed by atoms with van der Waals surface area (Å²) in [5.41, 5.74) is 1.36. The highest BCUT2D eigenvalue weighted by atomic mass is 79.9. The molecular formula is C5H7BrS. The quantitative estimate of drug-likeness (QED) is 0.574. The maximum atomic E-state index is 2.12. The molecule has 0 amide bonds. The SMILES string of the molecule is Br.Cc1ccsc1. The Morgan fingerprint density at radius 2 is 2.29 bits per heavy atom. The minimum atomic E-state index is 0. The van der Waals surface area contributed by atoms with Crippen LogP contribution in [0.2, 0.25) is 0 Å². The van der Waals surface area contributed by atoms with Crippen LogP contribution in [0.3, 0.4) is 0 Å². The van der Waals surface area contributed by atoms with Crippen molar-refractivity contribution >= 4 is 28.3 Å².